The summed E-state index contributed by atoms with van der Waals surface area (Å²) in [5, 5.41) is 21.7. The van der Waals surface area contributed by atoms with Crippen LogP contribution in [0.3, 0.4) is 0 Å². The second kappa shape index (κ2) is 8.09. The van der Waals surface area contributed by atoms with Crippen LogP contribution in [0.4, 0.5) is 5.69 Å². The molecular formula is C19H23N3O6. The summed E-state index contributed by atoms with van der Waals surface area (Å²) < 4.78 is 12.5. The Kier molecular flexibility index (Phi) is 5.78. The first-order valence-corrected chi connectivity index (χ1v) is 8.88. The standard InChI is InChI=1S/C19H23N3O6/c1-10-6-13(20-12(3)24)7-11(2)18(10)28-16-4-5-22(19(26)21-16)17-8-14(25)15(9-23)27-17/h4-7,14-15,17,23,25H,8-9H2,1-3H3,(H,20,24)/t14-,15+,17+/m0/s1. The van der Waals surface area contributed by atoms with E-state index >= 15 is 0 Å². The number of aryl methyl sites for hydroxylation is 2. The van der Waals surface area contributed by atoms with Crippen LogP contribution in [-0.2, 0) is 9.53 Å². The van der Waals surface area contributed by atoms with Gasteiger partial charge in [0, 0.05) is 31.3 Å². The van der Waals surface area contributed by atoms with E-state index in [0.717, 1.165) is 11.1 Å². The number of anilines is 1. The lowest BCUT2D eigenvalue weighted by atomic mass is 10.1. The van der Waals surface area contributed by atoms with E-state index in [9.17, 15) is 14.7 Å². The van der Waals surface area contributed by atoms with Crippen LogP contribution in [0.1, 0.15) is 30.7 Å². The predicted octanol–water partition coefficient (Wildman–Crippen LogP) is 1.25. The number of rotatable bonds is 5. The number of ether oxygens (including phenoxy) is 2. The summed E-state index contributed by atoms with van der Waals surface area (Å²) in [4.78, 5) is 27.5. The van der Waals surface area contributed by atoms with Gasteiger partial charge in [0.15, 0.2) is 0 Å². The molecule has 3 atom stereocenters. The van der Waals surface area contributed by atoms with E-state index in [-0.39, 0.29) is 24.8 Å². The second-order valence-electron chi connectivity index (χ2n) is 6.79. The van der Waals surface area contributed by atoms with Gasteiger partial charge in [-0.05, 0) is 37.1 Å². The van der Waals surface area contributed by atoms with E-state index in [1.54, 1.807) is 12.1 Å². The van der Waals surface area contributed by atoms with Gasteiger partial charge in [-0.3, -0.25) is 9.36 Å². The molecule has 0 spiro atoms. The average molecular weight is 389 g/mol. The first kappa shape index (κ1) is 20.0. The SMILES string of the molecule is CC(=O)Nc1cc(C)c(Oc2ccn([C@H]3C[C@H](O)[C@@H](CO)O3)c(=O)n2)c(C)c1. The Morgan fingerprint density at radius 1 is 1.39 bits per heavy atom. The van der Waals surface area contributed by atoms with Gasteiger partial charge in [-0.25, -0.2) is 4.79 Å². The smallest absolute Gasteiger partial charge is 0.352 e. The van der Waals surface area contributed by atoms with Gasteiger partial charge < -0.3 is 25.0 Å². The topological polar surface area (TPSA) is 123 Å². The molecule has 1 aliphatic rings. The maximum Gasteiger partial charge on any atom is 0.352 e. The number of amides is 1. The Bertz CT molecular complexity index is 919. The Morgan fingerprint density at radius 2 is 2.07 bits per heavy atom. The molecule has 1 aliphatic heterocycles. The van der Waals surface area contributed by atoms with Gasteiger partial charge in [0.25, 0.3) is 0 Å². The second-order valence-corrected chi connectivity index (χ2v) is 6.79. The molecule has 28 heavy (non-hydrogen) atoms. The first-order valence-electron chi connectivity index (χ1n) is 8.88. The van der Waals surface area contributed by atoms with Crippen LogP contribution in [0.25, 0.3) is 0 Å². The Morgan fingerprint density at radius 3 is 2.61 bits per heavy atom. The maximum atomic E-state index is 12.4. The number of aliphatic hydroxyl groups is 2. The van der Waals surface area contributed by atoms with Crippen molar-refractivity contribution in [2.45, 2.75) is 45.6 Å². The Labute approximate surface area is 161 Å². The molecule has 9 heteroatoms. The number of aromatic nitrogens is 2. The van der Waals surface area contributed by atoms with Gasteiger partial charge in [-0.1, -0.05) is 0 Å². The zero-order chi connectivity index (χ0) is 20.4. The number of nitrogens with zero attached hydrogens (tertiary/aromatic N) is 2. The van der Waals surface area contributed by atoms with Crippen molar-refractivity contribution in [3.63, 3.8) is 0 Å². The van der Waals surface area contributed by atoms with Crippen LogP contribution in [0, 0.1) is 13.8 Å². The third-order valence-electron chi connectivity index (χ3n) is 4.49. The minimum absolute atomic E-state index is 0.122. The molecule has 2 aromatic rings. The van der Waals surface area contributed by atoms with Crippen molar-refractivity contribution in [2.24, 2.45) is 0 Å². The minimum atomic E-state index is -0.842. The highest BCUT2D eigenvalue weighted by molar-refractivity contribution is 5.89. The average Bonchev–Trinajstić information content (AvgIpc) is 2.98. The van der Waals surface area contributed by atoms with Gasteiger partial charge in [-0.2, -0.15) is 4.98 Å². The molecule has 0 unspecified atom stereocenters. The monoisotopic (exact) mass is 389 g/mol. The minimum Gasteiger partial charge on any atom is -0.438 e. The molecule has 1 fully saturated rings. The van der Waals surface area contributed by atoms with Crippen molar-refractivity contribution >= 4 is 11.6 Å². The lowest BCUT2D eigenvalue weighted by Gasteiger charge is -2.16. The van der Waals surface area contributed by atoms with E-state index in [0.29, 0.717) is 11.4 Å². The van der Waals surface area contributed by atoms with E-state index in [2.05, 4.69) is 10.3 Å². The molecule has 3 rings (SSSR count). The Balaban J connectivity index is 1.80. The fourth-order valence-corrected chi connectivity index (χ4v) is 3.21. The van der Waals surface area contributed by atoms with Crippen molar-refractivity contribution < 1.29 is 24.5 Å². The van der Waals surface area contributed by atoms with Gasteiger partial charge in [0.1, 0.15) is 18.1 Å². The largest absolute Gasteiger partial charge is 0.438 e. The fourth-order valence-electron chi connectivity index (χ4n) is 3.21. The lowest BCUT2D eigenvalue weighted by molar-refractivity contribution is -0.114. The first-order chi connectivity index (χ1) is 13.3. The number of nitrogens with one attached hydrogen (secondary N) is 1. The lowest BCUT2D eigenvalue weighted by Crippen LogP contribution is -2.27. The predicted molar refractivity (Wildman–Crippen MR) is 100 cm³/mol. The molecule has 2 heterocycles. The van der Waals surface area contributed by atoms with E-state index in [4.69, 9.17) is 14.6 Å². The molecule has 150 valence electrons. The van der Waals surface area contributed by atoms with Gasteiger partial charge in [0.2, 0.25) is 11.8 Å². The van der Waals surface area contributed by atoms with E-state index < -0.39 is 24.1 Å². The number of hydrogen-bond acceptors (Lipinski definition) is 7. The third kappa shape index (κ3) is 4.22. The molecule has 0 aliphatic carbocycles. The van der Waals surface area contributed by atoms with Crippen molar-refractivity contribution in [3.05, 3.63) is 46.0 Å². The van der Waals surface area contributed by atoms with Crippen LogP contribution in [0.15, 0.2) is 29.2 Å². The van der Waals surface area contributed by atoms with Crippen molar-refractivity contribution in [1.82, 2.24) is 9.55 Å². The zero-order valence-corrected chi connectivity index (χ0v) is 15.9. The van der Waals surface area contributed by atoms with E-state index in [1.165, 1.54) is 23.8 Å². The molecule has 1 amide bonds. The number of hydrogen-bond donors (Lipinski definition) is 3. The summed E-state index contributed by atoms with van der Waals surface area (Å²) in [6.07, 6.45) is -0.583. The molecule has 0 radical (unpaired) electrons. The summed E-state index contributed by atoms with van der Waals surface area (Å²) in [7, 11) is 0. The normalized spacial score (nSPS) is 21.5. The third-order valence-corrected chi connectivity index (χ3v) is 4.49. The van der Waals surface area contributed by atoms with Crippen molar-refractivity contribution in [2.75, 3.05) is 11.9 Å². The summed E-state index contributed by atoms with van der Waals surface area (Å²) in [5.74, 6) is 0.504. The van der Waals surface area contributed by atoms with Crippen LogP contribution < -0.4 is 15.7 Å². The van der Waals surface area contributed by atoms with Gasteiger partial charge in [-0.15, -0.1) is 0 Å². The number of carbonyl (C=O) groups is 1. The highest BCUT2D eigenvalue weighted by Crippen LogP contribution is 2.31. The summed E-state index contributed by atoms with van der Waals surface area (Å²) >= 11 is 0. The van der Waals surface area contributed by atoms with Crippen LogP contribution in [0.2, 0.25) is 0 Å². The number of aliphatic hydroxyl groups excluding tert-OH is 2. The quantitative estimate of drug-likeness (QED) is 0.703. The number of carbonyl (C=O) groups excluding carboxylic acids is 1. The van der Waals surface area contributed by atoms with Crippen molar-refractivity contribution in [1.29, 1.82) is 0 Å². The molecule has 9 nitrogen and oxygen atoms in total. The summed E-state index contributed by atoms with van der Waals surface area (Å²) in [6, 6.07) is 5.07. The number of benzene rings is 1. The van der Waals surface area contributed by atoms with Gasteiger partial charge in [0.05, 0.1) is 12.7 Å². The summed E-state index contributed by atoms with van der Waals surface area (Å²) in [5.41, 5.74) is 1.64. The van der Waals surface area contributed by atoms with Gasteiger partial charge >= 0.3 is 5.69 Å². The molecule has 0 saturated carbocycles. The molecule has 1 aromatic heterocycles. The highest BCUT2D eigenvalue weighted by atomic mass is 16.5. The molecule has 1 saturated heterocycles. The van der Waals surface area contributed by atoms with E-state index in [1.807, 2.05) is 13.8 Å². The molecule has 0 bridgehead atoms. The fraction of sp³-hybridized carbons (Fsp3) is 0.421. The molecule has 1 aromatic carbocycles. The van der Waals surface area contributed by atoms with Crippen LogP contribution in [-0.4, -0.2) is 44.5 Å². The zero-order valence-electron chi connectivity index (χ0n) is 15.9. The van der Waals surface area contributed by atoms with Crippen LogP contribution in [0.5, 0.6) is 11.6 Å². The van der Waals surface area contributed by atoms with Crippen molar-refractivity contribution in [3.8, 4) is 11.6 Å². The highest BCUT2D eigenvalue weighted by Gasteiger charge is 2.35. The molecule has 3 N–H and O–H groups in total. The van der Waals surface area contributed by atoms with Crippen LogP contribution >= 0.6 is 0 Å². The Hall–Kier alpha value is -2.75. The summed E-state index contributed by atoms with van der Waals surface area (Å²) in [6.45, 7) is 4.77. The maximum absolute atomic E-state index is 12.4. The molecular weight excluding hydrogens is 366 g/mol.